The normalized spacial score (nSPS) is 15.1. The van der Waals surface area contributed by atoms with E-state index >= 15 is 0 Å². The van der Waals surface area contributed by atoms with Crippen LogP contribution in [0.25, 0.3) is 23.0 Å². The molecule has 0 bridgehead atoms. The lowest BCUT2D eigenvalue weighted by atomic mass is 9.93. The minimum Gasteiger partial charge on any atom is -0.335 e. The van der Waals surface area contributed by atoms with E-state index in [-0.39, 0.29) is 17.1 Å². The number of amides is 1. The number of fused-ring (bicyclic) bond motifs is 1. The highest BCUT2D eigenvalue weighted by Gasteiger charge is 2.26. The molecule has 6 nitrogen and oxygen atoms in total. The Labute approximate surface area is 217 Å². The van der Waals surface area contributed by atoms with E-state index in [2.05, 4.69) is 50.0 Å². The van der Waals surface area contributed by atoms with Gasteiger partial charge in [-0.1, -0.05) is 63.3 Å². The lowest BCUT2D eigenvalue weighted by Crippen LogP contribution is -2.49. The Morgan fingerprint density at radius 1 is 0.973 bits per heavy atom. The molecule has 190 valence electrons. The predicted octanol–water partition coefficient (Wildman–Crippen LogP) is 5.30. The third kappa shape index (κ3) is 5.62. The Hall–Kier alpha value is -3.84. The average Bonchev–Trinajstić information content (AvgIpc) is 3.34. The van der Waals surface area contributed by atoms with Gasteiger partial charge in [-0.15, -0.1) is 0 Å². The van der Waals surface area contributed by atoms with E-state index in [1.807, 2.05) is 29.2 Å². The number of piperazine rings is 1. The number of hydrogen-bond acceptors (Lipinski definition) is 4. The van der Waals surface area contributed by atoms with Crippen LogP contribution in [0.1, 0.15) is 42.5 Å². The summed E-state index contributed by atoms with van der Waals surface area (Å²) >= 11 is 0. The average molecular weight is 498 g/mol. The zero-order valence-electron chi connectivity index (χ0n) is 21.6. The van der Waals surface area contributed by atoms with Crippen molar-refractivity contribution in [2.24, 2.45) is 0 Å². The molecule has 2 aromatic carbocycles. The van der Waals surface area contributed by atoms with Crippen LogP contribution in [-0.4, -0.2) is 63.0 Å². The summed E-state index contributed by atoms with van der Waals surface area (Å²) in [7, 11) is 0. The maximum Gasteiger partial charge on any atom is 0.272 e. The second-order valence-electron chi connectivity index (χ2n) is 10.5. The highest BCUT2D eigenvalue weighted by Crippen LogP contribution is 2.26. The van der Waals surface area contributed by atoms with Crippen LogP contribution in [-0.2, 0) is 5.41 Å². The number of carbonyl (C=O) groups excluding carboxylic acids is 1. The molecule has 5 rings (SSSR count). The molecular formula is C30H32FN5O. The molecule has 1 aliphatic rings. The van der Waals surface area contributed by atoms with Crippen LogP contribution in [0, 0.1) is 5.82 Å². The molecule has 1 saturated heterocycles. The number of carbonyl (C=O) groups is 1. The topological polar surface area (TPSA) is 53.7 Å². The fourth-order valence-electron chi connectivity index (χ4n) is 4.46. The molecule has 1 aliphatic heterocycles. The minimum atomic E-state index is -0.308. The third-order valence-electron chi connectivity index (χ3n) is 6.69. The van der Waals surface area contributed by atoms with Crippen molar-refractivity contribution in [2.75, 3.05) is 32.7 Å². The molecule has 1 fully saturated rings. The van der Waals surface area contributed by atoms with Gasteiger partial charge >= 0.3 is 0 Å². The molecule has 0 atom stereocenters. The van der Waals surface area contributed by atoms with Crippen LogP contribution in [0.2, 0.25) is 0 Å². The van der Waals surface area contributed by atoms with E-state index in [4.69, 9.17) is 10.1 Å². The highest BCUT2D eigenvalue weighted by molar-refractivity contribution is 5.94. The fraction of sp³-hybridized carbons (Fsp3) is 0.300. The number of benzene rings is 2. The Bertz CT molecular complexity index is 1410. The minimum absolute atomic E-state index is 0.0706. The second-order valence-corrected chi connectivity index (χ2v) is 10.5. The van der Waals surface area contributed by atoms with Gasteiger partial charge in [0.1, 0.15) is 11.5 Å². The Morgan fingerprint density at radius 3 is 2.35 bits per heavy atom. The Morgan fingerprint density at radius 2 is 1.68 bits per heavy atom. The van der Waals surface area contributed by atoms with E-state index in [0.717, 1.165) is 30.9 Å². The first-order chi connectivity index (χ1) is 17.8. The van der Waals surface area contributed by atoms with Gasteiger partial charge in [0.15, 0.2) is 5.65 Å². The van der Waals surface area contributed by atoms with Gasteiger partial charge in [-0.25, -0.2) is 13.9 Å². The quantitative estimate of drug-likeness (QED) is 0.375. The zero-order chi connectivity index (χ0) is 26.0. The summed E-state index contributed by atoms with van der Waals surface area (Å²) in [6.07, 6.45) is 4.30. The number of rotatable bonds is 5. The second kappa shape index (κ2) is 10.3. The van der Waals surface area contributed by atoms with Gasteiger partial charge in [0.05, 0.1) is 11.4 Å². The summed E-state index contributed by atoms with van der Waals surface area (Å²) in [6.45, 7) is 9.99. The SMILES string of the molecule is CC(C)(C)c1cc2nc(-c3ccc(F)cc3)cc(C(=O)N3CCN(C/C=C/c4ccccc4)CC3)n2n1. The number of nitrogens with zero attached hydrogens (tertiary/aromatic N) is 5. The van der Waals surface area contributed by atoms with Gasteiger partial charge in [-0.05, 0) is 35.9 Å². The van der Waals surface area contributed by atoms with Gasteiger partial charge in [-0.2, -0.15) is 5.10 Å². The zero-order valence-corrected chi connectivity index (χ0v) is 21.6. The van der Waals surface area contributed by atoms with Crippen LogP contribution in [0.5, 0.6) is 0 Å². The van der Waals surface area contributed by atoms with Crippen molar-refractivity contribution in [3.63, 3.8) is 0 Å². The fourth-order valence-corrected chi connectivity index (χ4v) is 4.46. The summed E-state index contributed by atoms with van der Waals surface area (Å²) in [5.74, 6) is -0.379. The van der Waals surface area contributed by atoms with Crippen molar-refractivity contribution in [1.29, 1.82) is 0 Å². The first kappa shape index (κ1) is 24.8. The maximum atomic E-state index is 13.8. The van der Waals surface area contributed by atoms with Crippen molar-refractivity contribution in [3.05, 3.63) is 95.6 Å². The Balaban J connectivity index is 1.37. The number of hydrogen-bond donors (Lipinski definition) is 0. The van der Waals surface area contributed by atoms with Crippen molar-refractivity contribution in [2.45, 2.75) is 26.2 Å². The van der Waals surface area contributed by atoms with Gasteiger partial charge in [0.25, 0.3) is 5.91 Å². The first-order valence-corrected chi connectivity index (χ1v) is 12.7. The molecule has 0 aliphatic carbocycles. The molecule has 0 spiro atoms. The van der Waals surface area contributed by atoms with Crippen molar-refractivity contribution >= 4 is 17.6 Å². The summed E-state index contributed by atoms with van der Waals surface area (Å²) in [6, 6.07) is 20.1. The van der Waals surface area contributed by atoms with Gasteiger partial charge in [0.2, 0.25) is 0 Å². The maximum absolute atomic E-state index is 13.8. The lowest BCUT2D eigenvalue weighted by Gasteiger charge is -2.34. The molecule has 0 unspecified atom stereocenters. The van der Waals surface area contributed by atoms with Crippen LogP contribution in [0.4, 0.5) is 4.39 Å². The number of aromatic nitrogens is 3. The molecule has 4 aromatic rings. The van der Waals surface area contributed by atoms with E-state index in [9.17, 15) is 9.18 Å². The third-order valence-corrected chi connectivity index (χ3v) is 6.69. The first-order valence-electron chi connectivity index (χ1n) is 12.7. The smallest absolute Gasteiger partial charge is 0.272 e. The monoisotopic (exact) mass is 497 g/mol. The van der Waals surface area contributed by atoms with Gasteiger partial charge in [0, 0.05) is 49.8 Å². The number of halogens is 1. The predicted molar refractivity (Wildman–Crippen MR) is 145 cm³/mol. The van der Waals surface area contributed by atoms with Crippen LogP contribution in [0.3, 0.4) is 0 Å². The molecule has 0 saturated carbocycles. The van der Waals surface area contributed by atoms with Crippen molar-refractivity contribution in [1.82, 2.24) is 24.4 Å². The van der Waals surface area contributed by atoms with E-state index in [1.54, 1.807) is 22.7 Å². The highest BCUT2D eigenvalue weighted by atomic mass is 19.1. The summed E-state index contributed by atoms with van der Waals surface area (Å²) < 4.78 is 15.2. The lowest BCUT2D eigenvalue weighted by molar-refractivity contribution is 0.0641. The molecule has 2 aromatic heterocycles. The van der Waals surface area contributed by atoms with Gasteiger partial charge in [-0.3, -0.25) is 9.69 Å². The summed E-state index contributed by atoms with van der Waals surface area (Å²) in [5.41, 5.74) is 4.32. The standard InChI is InChI=1S/C30H32FN5O/c1-30(2,3)27-21-28-32-25(23-11-13-24(31)14-12-23)20-26(36(28)33-27)29(37)35-18-16-34(17-19-35)15-7-10-22-8-5-4-6-9-22/h4-14,20-21H,15-19H2,1-3H3/b10-7+. The van der Waals surface area contributed by atoms with Crippen LogP contribution >= 0.6 is 0 Å². The largest absolute Gasteiger partial charge is 0.335 e. The molecular weight excluding hydrogens is 465 g/mol. The van der Waals surface area contributed by atoms with Crippen LogP contribution < -0.4 is 0 Å². The molecule has 7 heteroatoms. The molecule has 0 radical (unpaired) electrons. The summed E-state index contributed by atoms with van der Waals surface area (Å²) in [4.78, 5) is 22.8. The Kier molecular flexibility index (Phi) is 6.89. The van der Waals surface area contributed by atoms with E-state index in [1.165, 1.54) is 17.7 Å². The summed E-state index contributed by atoms with van der Waals surface area (Å²) in [5, 5.41) is 4.76. The van der Waals surface area contributed by atoms with Crippen LogP contribution in [0.15, 0.2) is 72.8 Å². The molecule has 1 amide bonds. The molecule has 0 N–H and O–H groups in total. The van der Waals surface area contributed by atoms with Crippen molar-refractivity contribution < 1.29 is 9.18 Å². The van der Waals surface area contributed by atoms with E-state index < -0.39 is 0 Å². The van der Waals surface area contributed by atoms with Gasteiger partial charge < -0.3 is 4.90 Å². The molecule has 3 heterocycles. The van der Waals surface area contributed by atoms with Crippen molar-refractivity contribution in [3.8, 4) is 11.3 Å². The van der Waals surface area contributed by atoms with E-state index in [0.29, 0.717) is 30.1 Å². The molecule has 37 heavy (non-hydrogen) atoms.